The summed E-state index contributed by atoms with van der Waals surface area (Å²) in [6.07, 6.45) is 1.88. The minimum atomic E-state index is -3.07. The van der Waals surface area contributed by atoms with Crippen LogP contribution in [0.4, 0.5) is 8.78 Å². The largest absolute Gasteiger partial charge is 0.497 e. The zero-order chi connectivity index (χ0) is 25.1. The van der Waals surface area contributed by atoms with Gasteiger partial charge in [0.25, 0.3) is 5.92 Å². The molecule has 3 aromatic rings. The van der Waals surface area contributed by atoms with Gasteiger partial charge in [0.05, 0.1) is 32.9 Å². The zero-order valence-corrected chi connectivity index (χ0v) is 19.9. The summed E-state index contributed by atoms with van der Waals surface area (Å²) in [5.74, 6) is -1.54. The van der Waals surface area contributed by atoms with Crippen LogP contribution >= 0.6 is 0 Å². The summed E-state index contributed by atoms with van der Waals surface area (Å²) < 4.78 is 46.2. The summed E-state index contributed by atoms with van der Waals surface area (Å²) in [4.78, 5) is 12.0. The molecule has 0 saturated heterocycles. The molecule has 0 atom stereocenters. The van der Waals surface area contributed by atoms with Crippen molar-refractivity contribution in [2.75, 3.05) is 26.9 Å². The Morgan fingerprint density at radius 2 is 1.77 bits per heavy atom. The molecule has 10 heteroatoms. The molecule has 0 bridgehead atoms. The van der Waals surface area contributed by atoms with Crippen LogP contribution in [-0.4, -0.2) is 53.7 Å². The summed E-state index contributed by atoms with van der Waals surface area (Å²) in [5, 5.41) is 10.3. The average Bonchev–Trinajstić information content (AvgIpc) is 3.30. The van der Waals surface area contributed by atoms with E-state index in [-0.39, 0.29) is 25.5 Å². The first-order valence-corrected chi connectivity index (χ1v) is 11.4. The Morgan fingerprint density at radius 1 is 1.06 bits per heavy atom. The van der Waals surface area contributed by atoms with Crippen LogP contribution in [0.2, 0.25) is 0 Å². The molecule has 1 N–H and O–H groups in total. The van der Waals surface area contributed by atoms with Crippen LogP contribution in [-0.2, 0) is 11.3 Å². The fourth-order valence-electron chi connectivity index (χ4n) is 3.21. The number of amides is 1. The molecule has 188 valence electrons. The molecule has 0 saturated carbocycles. The number of rotatable bonds is 14. The number of hydrogen-bond donors (Lipinski definition) is 1. The Labute approximate surface area is 203 Å². The van der Waals surface area contributed by atoms with Crippen LogP contribution in [0.25, 0.3) is 11.3 Å². The SMILES string of the molecule is CCCOc1cccc(-c2cn(CC(F)(F)CCNC(=O)CCOc3cccc(OC)c3)nn2)c1. The minimum Gasteiger partial charge on any atom is -0.497 e. The van der Waals surface area contributed by atoms with E-state index >= 15 is 0 Å². The number of alkyl halides is 2. The number of carbonyl (C=O) groups excluding carboxylic acids is 1. The number of nitrogens with one attached hydrogen (secondary N) is 1. The number of aromatic nitrogens is 3. The van der Waals surface area contributed by atoms with Gasteiger partial charge in [-0.2, -0.15) is 0 Å². The van der Waals surface area contributed by atoms with E-state index in [1.54, 1.807) is 37.4 Å². The van der Waals surface area contributed by atoms with Gasteiger partial charge in [0.2, 0.25) is 5.91 Å². The maximum Gasteiger partial charge on any atom is 0.269 e. The quantitative estimate of drug-likeness (QED) is 0.363. The molecule has 1 amide bonds. The monoisotopic (exact) mass is 488 g/mol. The van der Waals surface area contributed by atoms with Crippen LogP contribution < -0.4 is 19.5 Å². The number of ether oxygens (including phenoxy) is 3. The third kappa shape index (κ3) is 8.55. The van der Waals surface area contributed by atoms with Gasteiger partial charge in [-0.3, -0.25) is 4.79 Å². The normalized spacial score (nSPS) is 11.2. The fraction of sp³-hybridized carbons (Fsp3) is 0.400. The van der Waals surface area contributed by atoms with Crippen molar-refractivity contribution in [1.29, 1.82) is 0 Å². The molecule has 0 aliphatic rings. The predicted molar refractivity (Wildman–Crippen MR) is 127 cm³/mol. The van der Waals surface area contributed by atoms with Crippen molar-refractivity contribution in [3.8, 4) is 28.5 Å². The first kappa shape index (κ1) is 25.9. The molecule has 1 aromatic heterocycles. The molecule has 0 radical (unpaired) electrons. The molecule has 1 heterocycles. The van der Waals surface area contributed by atoms with Crippen LogP contribution in [0.15, 0.2) is 54.7 Å². The predicted octanol–water partition coefficient (Wildman–Crippen LogP) is 4.35. The van der Waals surface area contributed by atoms with Gasteiger partial charge >= 0.3 is 0 Å². The van der Waals surface area contributed by atoms with Crippen LogP contribution in [0.3, 0.4) is 0 Å². The lowest BCUT2D eigenvalue weighted by Crippen LogP contribution is -2.32. The van der Waals surface area contributed by atoms with Gasteiger partial charge in [-0.1, -0.05) is 30.3 Å². The second kappa shape index (κ2) is 12.7. The lowest BCUT2D eigenvalue weighted by Gasteiger charge is -2.16. The maximum absolute atomic E-state index is 14.4. The van der Waals surface area contributed by atoms with E-state index in [1.165, 1.54) is 6.20 Å². The molecule has 2 aromatic carbocycles. The smallest absolute Gasteiger partial charge is 0.269 e. The van der Waals surface area contributed by atoms with Gasteiger partial charge in [-0.05, 0) is 30.7 Å². The summed E-state index contributed by atoms with van der Waals surface area (Å²) in [7, 11) is 1.55. The van der Waals surface area contributed by atoms with E-state index < -0.39 is 18.9 Å². The first-order valence-electron chi connectivity index (χ1n) is 11.4. The highest BCUT2D eigenvalue weighted by Crippen LogP contribution is 2.24. The molecule has 3 rings (SSSR count). The summed E-state index contributed by atoms with van der Waals surface area (Å²) >= 11 is 0. The highest BCUT2D eigenvalue weighted by molar-refractivity contribution is 5.75. The molecule has 35 heavy (non-hydrogen) atoms. The molecule has 0 aliphatic carbocycles. The standard InChI is InChI=1S/C25H30F2N4O4/c1-3-13-34-21-8-4-6-19(15-21)23-17-31(30-29-23)18-25(26,27)11-12-28-24(32)10-14-35-22-9-5-7-20(16-22)33-2/h4-9,15-17H,3,10-14,18H2,1-2H3,(H,28,32). The number of benzene rings is 2. The summed E-state index contributed by atoms with van der Waals surface area (Å²) in [6.45, 7) is 1.93. The molecule has 8 nitrogen and oxygen atoms in total. The molecular weight excluding hydrogens is 458 g/mol. The van der Waals surface area contributed by atoms with Gasteiger partial charge < -0.3 is 19.5 Å². The molecule has 0 aliphatic heterocycles. The second-order valence-electron chi connectivity index (χ2n) is 7.91. The lowest BCUT2D eigenvalue weighted by molar-refractivity contribution is -0.121. The minimum absolute atomic E-state index is 0.0518. The fourth-order valence-corrected chi connectivity index (χ4v) is 3.21. The highest BCUT2D eigenvalue weighted by Gasteiger charge is 2.30. The van der Waals surface area contributed by atoms with Crippen molar-refractivity contribution in [3.05, 3.63) is 54.7 Å². The van der Waals surface area contributed by atoms with Crippen molar-refractivity contribution < 1.29 is 27.8 Å². The van der Waals surface area contributed by atoms with Gasteiger partial charge in [-0.15, -0.1) is 5.10 Å². The second-order valence-corrected chi connectivity index (χ2v) is 7.91. The van der Waals surface area contributed by atoms with E-state index in [2.05, 4.69) is 15.6 Å². The Bertz CT molecular complexity index is 1090. The van der Waals surface area contributed by atoms with Crippen molar-refractivity contribution in [2.45, 2.75) is 38.7 Å². The maximum atomic E-state index is 14.4. The Balaban J connectivity index is 1.41. The van der Waals surface area contributed by atoms with Crippen LogP contribution in [0.5, 0.6) is 17.2 Å². The van der Waals surface area contributed by atoms with Crippen molar-refractivity contribution in [1.82, 2.24) is 20.3 Å². The number of methoxy groups -OCH3 is 1. The highest BCUT2D eigenvalue weighted by atomic mass is 19.3. The number of halogens is 2. The third-order valence-corrected chi connectivity index (χ3v) is 4.99. The van der Waals surface area contributed by atoms with Gasteiger partial charge in [0.1, 0.15) is 29.5 Å². The Kier molecular flexibility index (Phi) is 9.39. The number of hydrogen-bond acceptors (Lipinski definition) is 6. The summed E-state index contributed by atoms with van der Waals surface area (Å²) in [6, 6.07) is 14.3. The lowest BCUT2D eigenvalue weighted by atomic mass is 10.1. The Hall–Kier alpha value is -3.69. The average molecular weight is 489 g/mol. The zero-order valence-electron chi connectivity index (χ0n) is 19.9. The molecule has 0 unspecified atom stereocenters. The first-order chi connectivity index (χ1) is 16.9. The Morgan fingerprint density at radius 3 is 2.54 bits per heavy atom. The van der Waals surface area contributed by atoms with E-state index in [0.717, 1.165) is 16.7 Å². The van der Waals surface area contributed by atoms with E-state index in [4.69, 9.17) is 14.2 Å². The van der Waals surface area contributed by atoms with Gasteiger partial charge in [-0.25, -0.2) is 13.5 Å². The van der Waals surface area contributed by atoms with E-state index in [1.807, 2.05) is 25.1 Å². The number of nitrogens with zero attached hydrogens (tertiary/aromatic N) is 3. The van der Waals surface area contributed by atoms with Crippen molar-refractivity contribution in [3.63, 3.8) is 0 Å². The van der Waals surface area contributed by atoms with Crippen LogP contribution in [0, 0.1) is 0 Å². The topological polar surface area (TPSA) is 87.5 Å². The van der Waals surface area contributed by atoms with E-state index in [0.29, 0.717) is 29.5 Å². The summed E-state index contributed by atoms with van der Waals surface area (Å²) in [5.41, 5.74) is 1.21. The molecule has 0 spiro atoms. The van der Waals surface area contributed by atoms with Gasteiger partial charge in [0, 0.05) is 24.6 Å². The number of carbonyl (C=O) groups is 1. The molecule has 0 fully saturated rings. The van der Waals surface area contributed by atoms with Crippen molar-refractivity contribution >= 4 is 5.91 Å². The molecular formula is C25H30F2N4O4. The van der Waals surface area contributed by atoms with Gasteiger partial charge in [0.15, 0.2) is 0 Å². The van der Waals surface area contributed by atoms with Crippen molar-refractivity contribution in [2.24, 2.45) is 0 Å². The van der Waals surface area contributed by atoms with E-state index in [9.17, 15) is 13.6 Å². The third-order valence-electron chi connectivity index (χ3n) is 4.99. The van der Waals surface area contributed by atoms with Crippen LogP contribution in [0.1, 0.15) is 26.2 Å².